The number of amides is 1. The Hall–Kier alpha value is -3.22. The van der Waals surface area contributed by atoms with Gasteiger partial charge in [-0.2, -0.15) is 0 Å². The van der Waals surface area contributed by atoms with E-state index in [4.69, 9.17) is 19.3 Å². The van der Waals surface area contributed by atoms with Crippen molar-refractivity contribution in [1.82, 2.24) is 0 Å². The monoisotopic (exact) mass is 383 g/mol. The average molecular weight is 383 g/mol. The van der Waals surface area contributed by atoms with Crippen LogP contribution in [-0.4, -0.2) is 36.8 Å². The first-order valence-corrected chi connectivity index (χ1v) is 9.17. The van der Waals surface area contributed by atoms with Gasteiger partial charge in [0.15, 0.2) is 18.1 Å². The number of rotatable bonds is 6. The van der Waals surface area contributed by atoms with Gasteiger partial charge in [-0.05, 0) is 60.7 Å². The summed E-state index contributed by atoms with van der Waals surface area (Å²) < 4.78 is 16.3. The zero-order valence-corrected chi connectivity index (χ0v) is 15.4. The third-order valence-corrected chi connectivity index (χ3v) is 4.94. The molecule has 2 aliphatic rings. The van der Waals surface area contributed by atoms with Crippen molar-refractivity contribution in [2.75, 3.05) is 25.1 Å². The van der Waals surface area contributed by atoms with Gasteiger partial charge in [0.05, 0.1) is 0 Å². The van der Waals surface area contributed by atoms with Crippen LogP contribution in [0.25, 0.3) is 0 Å². The highest BCUT2D eigenvalue weighted by Crippen LogP contribution is 2.49. The molecule has 1 aliphatic carbocycles. The highest BCUT2D eigenvalue weighted by atomic mass is 16.6. The molecule has 7 nitrogen and oxygen atoms in total. The predicted octanol–water partition coefficient (Wildman–Crippen LogP) is 2.97. The van der Waals surface area contributed by atoms with Crippen LogP contribution in [0, 0.1) is 12.8 Å². The molecular weight excluding hydrogens is 362 g/mol. The highest BCUT2D eigenvalue weighted by Gasteiger charge is 2.44. The van der Waals surface area contributed by atoms with E-state index >= 15 is 0 Å². The van der Waals surface area contributed by atoms with E-state index in [0.717, 1.165) is 29.0 Å². The van der Waals surface area contributed by atoms with Crippen LogP contribution < -0.4 is 19.5 Å². The molecule has 1 amide bonds. The molecule has 1 aliphatic heterocycles. The van der Waals surface area contributed by atoms with E-state index in [0.29, 0.717) is 24.7 Å². The predicted molar refractivity (Wildman–Crippen MR) is 101 cm³/mol. The molecule has 0 aromatic heterocycles. The van der Waals surface area contributed by atoms with E-state index in [-0.39, 0.29) is 17.7 Å². The molecule has 2 N–H and O–H groups in total. The molecule has 1 fully saturated rings. The van der Waals surface area contributed by atoms with Crippen molar-refractivity contribution in [2.45, 2.75) is 19.3 Å². The molecule has 2 atom stereocenters. The van der Waals surface area contributed by atoms with Crippen molar-refractivity contribution in [1.29, 1.82) is 0 Å². The fourth-order valence-corrected chi connectivity index (χ4v) is 3.38. The van der Waals surface area contributed by atoms with Gasteiger partial charge in [-0.3, -0.25) is 4.79 Å². The minimum atomic E-state index is -1.03. The van der Waals surface area contributed by atoms with Crippen LogP contribution in [0.1, 0.15) is 23.5 Å². The van der Waals surface area contributed by atoms with E-state index in [1.54, 1.807) is 18.2 Å². The number of carbonyl (C=O) groups is 2. The average Bonchev–Trinajstić information content (AvgIpc) is 3.49. The molecule has 2 unspecified atom stereocenters. The molecule has 7 heteroatoms. The van der Waals surface area contributed by atoms with Gasteiger partial charge in [0.25, 0.3) is 0 Å². The van der Waals surface area contributed by atoms with Gasteiger partial charge in [0, 0.05) is 11.6 Å². The molecule has 1 heterocycles. The zero-order chi connectivity index (χ0) is 19.7. The van der Waals surface area contributed by atoms with E-state index in [9.17, 15) is 9.59 Å². The maximum Gasteiger partial charge on any atom is 0.341 e. The number of carboxylic acid groups (broad SMARTS) is 1. The second-order valence-electron chi connectivity index (χ2n) is 7.00. The molecule has 0 saturated heterocycles. The Bertz CT molecular complexity index is 925. The number of aliphatic carboxylic acids is 1. The van der Waals surface area contributed by atoms with Crippen LogP contribution in [0.15, 0.2) is 36.4 Å². The smallest absolute Gasteiger partial charge is 0.341 e. The number of hydrogen-bond donors (Lipinski definition) is 2. The molecule has 1 saturated carbocycles. The number of fused-ring (bicyclic) bond motifs is 1. The molecular formula is C21H21NO6. The Morgan fingerprint density at radius 2 is 1.93 bits per heavy atom. The van der Waals surface area contributed by atoms with Crippen LogP contribution in [0.3, 0.4) is 0 Å². The second-order valence-corrected chi connectivity index (χ2v) is 7.00. The summed E-state index contributed by atoms with van der Waals surface area (Å²) in [4.78, 5) is 23.2. The summed E-state index contributed by atoms with van der Waals surface area (Å²) in [6, 6.07) is 10.9. The lowest BCUT2D eigenvalue weighted by Crippen LogP contribution is -2.16. The Morgan fingerprint density at radius 1 is 1.14 bits per heavy atom. The first kappa shape index (κ1) is 18.2. The van der Waals surface area contributed by atoms with Crippen LogP contribution >= 0.6 is 0 Å². The minimum absolute atomic E-state index is 0.0257. The number of nitrogens with one attached hydrogen (secondary N) is 1. The maximum absolute atomic E-state index is 12.6. The third-order valence-electron chi connectivity index (χ3n) is 4.94. The van der Waals surface area contributed by atoms with Crippen LogP contribution in [-0.2, 0) is 9.59 Å². The Labute approximate surface area is 162 Å². The SMILES string of the molecule is Cc1cc(OCC(=O)O)ccc1NC(=O)C1CC1c1ccc2c(c1)OCCO2. The van der Waals surface area contributed by atoms with Crippen LogP contribution in [0.5, 0.6) is 17.2 Å². The summed E-state index contributed by atoms with van der Waals surface area (Å²) in [5.41, 5.74) is 2.59. The topological polar surface area (TPSA) is 94.1 Å². The molecule has 28 heavy (non-hydrogen) atoms. The molecule has 146 valence electrons. The summed E-state index contributed by atoms with van der Waals surface area (Å²) in [5.74, 6) is 0.980. The van der Waals surface area contributed by atoms with E-state index in [1.807, 2.05) is 25.1 Å². The Morgan fingerprint density at radius 3 is 2.68 bits per heavy atom. The molecule has 0 radical (unpaired) electrons. The van der Waals surface area contributed by atoms with Crippen molar-refractivity contribution < 1.29 is 28.9 Å². The number of ether oxygens (including phenoxy) is 3. The van der Waals surface area contributed by atoms with Crippen LogP contribution in [0.2, 0.25) is 0 Å². The first-order valence-electron chi connectivity index (χ1n) is 9.17. The molecule has 0 bridgehead atoms. The number of anilines is 1. The van der Waals surface area contributed by atoms with Crippen molar-refractivity contribution in [2.24, 2.45) is 5.92 Å². The first-order chi connectivity index (χ1) is 13.5. The molecule has 0 spiro atoms. The molecule has 2 aromatic rings. The van der Waals surface area contributed by atoms with Crippen molar-refractivity contribution >= 4 is 17.6 Å². The van der Waals surface area contributed by atoms with Crippen molar-refractivity contribution in [3.8, 4) is 17.2 Å². The van der Waals surface area contributed by atoms with Gasteiger partial charge in [-0.1, -0.05) is 6.07 Å². The van der Waals surface area contributed by atoms with Gasteiger partial charge in [-0.25, -0.2) is 4.79 Å². The quantitative estimate of drug-likeness (QED) is 0.797. The number of aryl methyl sites for hydroxylation is 1. The van der Waals surface area contributed by atoms with Crippen LogP contribution in [0.4, 0.5) is 5.69 Å². The van der Waals surface area contributed by atoms with E-state index in [1.165, 1.54) is 0 Å². The molecule has 4 rings (SSSR count). The summed E-state index contributed by atoms with van der Waals surface area (Å²) in [6.07, 6.45) is 0.796. The summed E-state index contributed by atoms with van der Waals surface area (Å²) in [6.45, 7) is 2.54. The maximum atomic E-state index is 12.6. The highest BCUT2D eigenvalue weighted by molar-refractivity contribution is 5.96. The normalized spacial score (nSPS) is 19.6. The fraction of sp³-hybridized carbons (Fsp3) is 0.333. The fourth-order valence-electron chi connectivity index (χ4n) is 3.38. The summed E-state index contributed by atoms with van der Waals surface area (Å²) in [5, 5.41) is 11.6. The van der Waals surface area contributed by atoms with E-state index < -0.39 is 12.6 Å². The minimum Gasteiger partial charge on any atom is -0.486 e. The van der Waals surface area contributed by atoms with Gasteiger partial charge in [0.2, 0.25) is 5.91 Å². The second kappa shape index (κ2) is 7.42. The van der Waals surface area contributed by atoms with E-state index in [2.05, 4.69) is 5.32 Å². The Kier molecular flexibility index (Phi) is 4.81. The van der Waals surface area contributed by atoms with Crippen molar-refractivity contribution in [3.05, 3.63) is 47.5 Å². The van der Waals surface area contributed by atoms with Crippen molar-refractivity contribution in [3.63, 3.8) is 0 Å². The number of carbonyl (C=O) groups excluding carboxylic acids is 1. The van der Waals surface area contributed by atoms with Gasteiger partial charge < -0.3 is 24.6 Å². The lowest BCUT2D eigenvalue weighted by molar-refractivity contribution is -0.139. The number of carboxylic acids is 1. The third kappa shape index (κ3) is 3.88. The lowest BCUT2D eigenvalue weighted by atomic mass is 10.1. The number of hydrogen-bond acceptors (Lipinski definition) is 5. The number of benzene rings is 2. The zero-order valence-electron chi connectivity index (χ0n) is 15.4. The lowest BCUT2D eigenvalue weighted by Gasteiger charge is -2.18. The van der Waals surface area contributed by atoms with Gasteiger partial charge in [-0.15, -0.1) is 0 Å². The standard InChI is InChI=1S/C21H21NO6/c1-12-8-14(28-11-20(23)24)3-4-17(12)22-21(25)16-10-15(16)13-2-5-18-19(9-13)27-7-6-26-18/h2-5,8-9,15-16H,6-7,10-11H2,1H3,(H,22,25)(H,23,24). The largest absolute Gasteiger partial charge is 0.486 e. The van der Waals surface area contributed by atoms with Gasteiger partial charge in [0.1, 0.15) is 19.0 Å². The summed E-state index contributed by atoms with van der Waals surface area (Å²) in [7, 11) is 0. The molecule has 2 aromatic carbocycles. The summed E-state index contributed by atoms with van der Waals surface area (Å²) >= 11 is 0. The Balaban J connectivity index is 1.38. The van der Waals surface area contributed by atoms with Gasteiger partial charge >= 0.3 is 5.97 Å².